The average Bonchev–Trinajstić information content (AvgIpc) is 2.71. The molecule has 0 amide bonds. The Balaban J connectivity index is 1.55. The summed E-state index contributed by atoms with van der Waals surface area (Å²) in [5.41, 5.74) is 0. The number of nitrogens with zero attached hydrogens (tertiary/aromatic N) is 1. The molecule has 1 aliphatic heterocycles. The number of rotatable bonds is 16. The third-order valence-electron chi connectivity index (χ3n) is 7.42. The Morgan fingerprint density at radius 1 is 0.897 bits per heavy atom. The summed E-state index contributed by atoms with van der Waals surface area (Å²) in [6.45, 7) is 14.2. The highest BCUT2D eigenvalue weighted by atomic mass is 16.5. The van der Waals surface area contributed by atoms with Crippen molar-refractivity contribution in [3.05, 3.63) is 0 Å². The van der Waals surface area contributed by atoms with E-state index in [4.69, 9.17) is 4.74 Å². The number of hydrogen-bond donors (Lipinski definition) is 1. The molecule has 1 saturated heterocycles. The van der Waals surface area contributed by atoms with Gasteiger partial charge in [0.05, 0.1) is 6.10 Å². The molecule has 1 aliphatic carbocycles. The van der Waals surface area contributed by atoms with Crippen molar-refractivity contribution in [1.82, 2.24) is 10.2 Å². The van der Waals surface area contributed by atoms with E-state index in [1.165, 1.54) is 103 Å². The van der Waals surface area contributed by atoms with Gasteiger partial charge in [-0.15, -0.1) is 0 Å². The molecule has 0 aromatic carbocycles. The number of unbranched alkanes of at least 4 members (excludes halogenated alkanes) is 2. The van der Waals surface area contributed by atoms with Crippen molar-refractivity contribution in [3.63, 3.8) is 0 Å². The zero-order valence-electron chi connectivity index (χ0n) is 20.3. The fourth-order valence-corrected chi connectivity index (χ4v) is 5.21. The molecule has 0 aromatic rings. The summed E-state index contributed by atoms with van der Waals surface area (Å²) in [5.74, 6) is 1.73. The van der Waals surface area contributed by atoms with Gasteiger partial charge >= 0.3 is 0 Å². The summed E-state index contributed by atoms with van der Waals surface area (Å²) in [6, 6.07) is 1.43. The lowest BCUT2D eigenvalue weighted by molar-refractivity contribution is -0.0429. The van der Waals surface area contributed by atoms with Gasteiger partial charge in [0.15, 0.2) is 0 Å². The topological polar surface area (TPSA) is 24.5 Å². The number of likely N-dealkylation sites (tertiary alicyclic amines) is 1. The second kappa shape index (κ2) is 14.8. The summed E-state index contributed by atoms with van der Waals surface area (Å²) < 4.78 is 6.29. The largest absolute Gasteiger partial charge is 0.378 e. The van der Waals surface area contributed by atoms with E-state index >= 15 is 0 Å². The Kier molecular flexibility index (Phi) is 12.8. The molecule has 3 heteroatoms. The van der Waals surface area contributed by atoms with Crippen molar-refractivity contribution in [2.75, 3.05) is 26.2 Å². The highest BCUT2D eigenvalue weighted by molar-refractivity contribution is 4.88. The predicted molar refractivity (Wildman–Crippen MR) is 127 cm³/mol. The first-order valence-corrected chi connectivity index (χ1v) is 13.3. The molecule has 1 saturated carbocycles. The average molecular weight is 409 g/mol. The molecular formula is C26H52N2O. The SMILES string of the molecule is CCCCC(CCCC)CN1CCC(COC2CC(NC(CC)CCC)C2)CC1. The van der Waals surface area contributed by atoms with E-state index in [2.05, 4.69) is 37.9 Å². The second-order valence-corrected chi connectivity index (χ2v) is 10.1. The molecule has 1 unspecified atom stereocenters. The Hall–Kier alpha value is -0.120. The van der Waals surface area contributed by atoms with Gasteiger partial charge in [0.25, 0.3) is 0 Å². The van der Waals surface area contributed by atoms with Gasteiger partial charge in [-0.2, -0.15) is 0 Å². The molecule has 2 rings (SSSR count). The molecule has 0 bridgehead atoms. The zero-order valence-corrected chi connectivity index (χ0v) is 20.3. The van der Waals surface area contributed by atoms with Crippen molar-refractivity contribution in [1.29, 1.82) is 0 Å². The summed E-state index contributed by atoms with van der Waals surface area (Å²) in [6.07, 6.45) is 17.9. The van der Waals surface area contributed by atoms with Crippen LogP contribution >= 0.6 is 0 Å². The maximum atomic E-state index is 6.29. The molecular weight excluding hydrogens is 356 g/mol. The van der Waals surface area contributed by atoms with Crippen LogP contribution in [0.15, 0.2) is 0 Å². The fraction of sp³-hybridized carbons (Fsp3) is 1.00. The smallest absolute Gasteiger partial charge is 0.0605 e. The fourth-order valence-electron chi connectivity index (χ4n) is 5.21. The van der Waals surface area contributed by atoms with Crippen LogP contribution in [0, 0.1) is 11.8 Å². The predicted octanol–water partition coefficient (Wildman–Crippen LogP) is 6.41. The van der Waals surface area contributed by atoms with E-state index in [-0.39, 0.29) is 0 Å². The Morgan fingerprint density at radius 3 is 2.10 bits per heavy atom. The monoisotopic (exact) mass is 408 g/mol. The first-order chi connectivity index (χ1) is 14.2. The van der Waals surface area contributed by atoms with Gasteiger partial charge in [-0.05, 0) is 76.3 Å². The quantitative estimate of drug-likeness (QED) is 0.319. The van der Waals surface area contributed by atoms with Crippen molar-refractivity contribution >= 4 is 0 Å². The van der Waals surface area contributed by atoms with E-state index in [0.29, 0.717) is 18.2 Å². The molecule has 1 atom stereocenters. The lowest BCUT2D eigenvalue weighted by atomic mass is 9.87. The van der Waals surface area contributed by atoms with Gasteiger partial charge in [0, 0.05) is 25.2 Å². The third kappa shape index (κ3) is 9.70. The van der Waals surface area contributed by atoms with Crippen LogP contribution in [0.1, 0.15) is 111 Å². The number of hydrogen-bond acceptors (Lipinski definition) is 3. The molecule has 29 heavy (non-hydrogen) atoms. The maximum absolute atomic E-state index is 6.29. The van der Waals surface area contributed by atoms with Gasteiger partial charge in [-0.1, -0.05) is 59.8 Å². The van der Waals surface area contributed by atoms with Crippen LogP contribution in [0.2, 0.25) is 0 Å². The minimum Gasteiger partial charge on any atom is -0.378 e. The van der Waals surface area contributed by atoms with Crippen LogP contribution in [0.4, 0.5) is 0 Å². The van der Waals surface area contributed by atoms with E-state index < -0.39 is 0 Å². The number of piperidine rings is 1. The molecule has 1 heterocycles. The summed E-state index contributed by atoms with van der Waals surface area (Å²) in [7, 11) is 0. The summed E-state index contributed by atoms with van der Waals surface area (Å²) in [5, 5.41) is 3.84. The normalized spacial score (nSPS) is 24.7. The van der Waals surface area contributed by atoms with E-state index in [1.807, 2.05) is 0 Å². The second-order valence-electron chi connectivity index (χ2n) is 10.1. The van der Waals surface area contributed by atoms with Crippen molar-refractivity contribution in [3.8, 4) is 0 Å². The maximum Gasteiger partial charge on any atom is 0.0605 e. The molecule has 1 N–H and O–H groups in total. The number of ether oxygens (including phenoxy) is 1. The van der Waals surface area contributed by atoms with Crippen LogP contribution in [-0.4, -0.2) is 49.3 Å². The molecule has 0 radical (unpaired) electrons. The van der Waals surface area contributed by atoms with Crippen LogP contribution in [0.25, 0.3) is 0 Å². The van der Waals surface area contributed by atoms with Gasteiger partial charge in [-0.25, -0.2) is 0 Å². The van der Waals surface area contributed by atoms with Crippen LogP contribution in [-0.2, 0) is 4.74 Å². The number of nitrogens with one attached hydrogen (secondary N) is 1. The Morgan fingerprint density at radius 2 is 1.55 bits per heavy atom. The Bertz CT molecular complexity index is 380. The third-order valence-corrected chi connectivity index (χ3v) is 7.42. The molecule has 2 aliphatic rings. The van der Waals surface area contributed by atoms with Gasteiger partial charge in [-0.3, -0.25) is 0 Å². The Labute approximate surface area is 182 Å². The lowest BCUT2D eigenvalue weighted by Gasteiger charge is -2.40. The van der Waals surface area contributed by atoms with Crippen LogP contribution in [0.3, 0.4) is 0 Å². The summed E-state index contributed by atoms with van der Waals surface area (Å²) in [4.78, 5) is 2.76. The van der Waals surface area contributed by atoms with E-state index in [0.717, 1.165) is 18.4 Å². The first kappa shape index (κ1) is 25.1. The zero-order chi connectivity index (χ0) is 20.9. The van der Waals surface area contributed by atoms with E-state index in [9.17, 15) is 0 Å². The van der Waals surface area contributed by atoms with Gasteiger partial charge in [0.1, 0.15) is 0 Å². The van der Waals surface area contributed by atoms with Crippen molar-refractivity contribution in [2.24, 2.45) is 11.8 Å². The molecule has 2 fully saturated rings. The van der Waals surface area contributed by atoms with E-state index in [1.54, 1.807) is 0 Å². The highest BCUT2D eigenvalue weighted by Crippen LogP contribution is 2.27. The van der Waals surface area contributed by atoms with Crippen LogP contribution in [0.5, 0.6) is 0 Å². The van der Waals surface area contributed by atoms with Crippen molar-refractivity contribution < 1.29 is 4.74 Å². The molecule has 0 spiro atoms. The minimum atomic E-state index is 0.525. The van der Waals surface area contributed by atoms with Crippen LogP contribution < -0.4 is 5.32 Å². The molecule has 0 aromatic heterocycles. The van der Waals surface area contributed by atoms with Gasteiger partial charge in [0.2, 0.25) is 0 Å². The molecule has 3 nitrogen and oxygen atoms in total. The van der Waals surface area contributed by atoms with Crippen molar-refractivity contribution in [2.45, 2.75) is 129 Å². The highest BCUT2D eigenvalue weighted by Gasteiger charge is 2.32. The standard InChI is InChI=1S/C26H52N2O/c1-5-9-12-22(13-10-6-2)20-28-16-14-23(15-17-28)21-29-26-18-25(19-26)27-24(8-4)11-7-3/h22-27H,5-21H2,1-4H3. The molecule has 172 valence electrons. The summed E-state index contributed by atoms with van der Waals surface area (Å²) >= 11 is 0. The minimum absolute atomic E-state index is 0.525. The lowest BCUT2D eigenvalue weighted by Crippen LogP contribution is -2.49. The van der Waals surface area contributed by atoms with Gasteiger partial charge < -0.3 is 15.0 Å². The first-order valence-electron chi connectivity index (χ1n) is 13.3.